The van der Waals surface area contributed by atoms with Gasteiger partial charge in [-0.25, -0.2) is 0 Å². The normalized spacial score (nSPS) is 31.6. The van der Waals surface area contributed by atoms with E-state index < -0.39 is 0 Å². The molecule has 0 N–H and O–H groups in total. The van der Waals surface area contributed by atoms with E-state index in [0.29, 0.717) is 12.5 Å². The standard InChI is InChI=1S/C16H26O3/c1-11-7-8-14(15(9-11)18-3)16(17)19-10-13-6-4-5-12(13)2/h11,14-15H,4-10H2,1-3H3/t11-,14+,15-/m0/s1. The van der Waals surface area contributed by atoms with E-state index in [4.69, 9.17) is 9.47 Å². The number of hydrogen-bond acceptors (Lipinski definition) is 3. The molecule has 3 nitrogen and oxygen atoms in total. The summed E-state index contributed by atoms with van der Waals surface area (Å²) in [6, 6.07) is 0. The van der Waals surface area contributed by atoms with Gasteiger partial charge in [-0.15, -0.1) is 0 Å². The van der Waals surface area contributed by atoms with Gasteiger partial charge in [-0.3, -0.25) is 4.79 Å². The van der Waals surface area contributed by atoms with Gasteiger partial charge in [0.05, 0.1) is 12.0 Å². The molecule has 3 heteroatoms. The summed E-state index contributed by atoms with van der Waals surface area (Å²) in [6.07, 6.45) is 6.47. The zero-order valence-electron chi connectivity index (χ0n) is 12.4. The zero-order valence-corrected chi connectivity index (χ0v) is 12.4. The Labute approximate surface area is 116 Å². The number of ether oxygens (including phenoxy) is 2. The molecule has 3 atom stereocenters. The van der Waals surface area contributed by atoms with Crippen molar-refractivity contribution in [3.63, 3.8) is 0 Å². The lowest BCUT2D eigenvalue weighted by Gasteiger charge is -2.32. The molecule has 0 unspecified atom stereocenters. The maximum absolute atomic E-state index is 12.2. The summed E-state index contributed by atoms with van der Waals surface area (Å²) in [7, 11) is 1.70. The number of allylic oxidation sites excluding steroid dienone is 1. The number of hydrogen-bond donors (Lipinski definition) is 0. The minimum absolute atomic E-state index is 0.0369. The molecule has 0 spiro atoms. The van der Waals surface area contributed by atoms with Crippen molar-refractivity contribution in [2.45, 2.75) is 58.5 Å². The lowest BCUT2D eigenvalue weighted by molar-refractivity contribution is -0.155. The molecular formula is C16H26O3. The van der Waals surface area contributed by atoms with Crippen molar-refractivity contribution in [2.75, 3.05) is 13.7 Å². The van der Waals surface area contributed by atoms with Gasteiger partial charge in [0.15, 0.2) is 0 Å². The second kappa shape index (κ2) is 6.56. The lowest BCUT2D eigenvalue weighted by Crippen LogP contribution is -2.36. The fourth-order valence-corrected chi connectivity index (χ4v) is 3.28. The number of esters is 1. The van der Waals surface area contributed by atoms with E-state index in [9.17, 15) is 4.79 Å². The Hall–Kier alpha value is -0.830. The first-order valence-corrected chi connectivity index (χ1v) is 7.48. The Morgan fingerprint density at radius 3 is 2.74 bits per heavy atom. The van der Waals surface area contributed by atoms with Crippen LogP contribution in [0.3, 0.4) is 0 Å². The van der Waals surface area contributed by atoms with Crippen LogP contribution in [0.1, 0.15) is 52.4 Å². The van der Waals surface area contributed by atoms with E-state index in [1.165, 1.54) is 17.6 Å². The first kappa shape index (κ1) is 14.6. The van der Waals surface area contributed by atoms with Gasteiger partial charge in [0.2, 0.25) is 0 Å². The van der Waals surface area contributed by atoms with Gasteiger partial charge in [0.1, 0.15) is 6.61 Å². The first-order valence-electron chi connectivity index (χ1n) is 7.48. The van der Waals surface area contributed by atoms with Gasteiger partial charge in [0.25, 0.3) is 0 Å². The lowest BCUT2D eigenvalue weighted by atomic mass is 9.80. The van der Waals surface area contributed by atoms with Crippen LogP contribution in [0.2, 0.25) is 0 Å². The first-order chi connectivity index (χ1) is 9.11. The van der Waals surface area contributed by atoms with E-state index in [0.717, 1.165) is 32.1 Å². The monoisotopic (exact) mass is 266 g/mol. The van der Waals surface area contributed by atoms with Gasteiger partial charge in [-0.2, -0.15) is 0 Å². The summed E-state index contributed by atoms with van der Waals surface area (Å²) in [5.74, 6) is 0.517. The predicted molar refractivity (Wildman–Crippen MR) is 74.8 cm³/mol. The molecule has 1 saturated carbocycles. The second-order valence-electron chi connectivity index (χ2n) is 6.14. The number of carbonyl (C=O) groups is 1. The van der Waals surface area contributed by atoms with Gasteiger partial charge in [0, 0.05) is 7.11 Å². The Balaban J connectivity index is 1.86. The largest absolute Gasteiger partial charge is 0.461 e. The smallest absolute Gasteiger partial charge is 0.311 e. The van der Waals surface area contributed by atoms with Gasteiger partial charge >= 0.3 is 5.97 Å². The summed E-state index contributed by atoms with van der Waals surface area (Å²) < 4.78 is 11.0. The van der Waals surface area contributed by atoms with Gasteiger partial charge < -0.3 is 9.47 Å². The minimum Gasteiger partial charge on any atom is -0.461 e. The van der Waals surface area contributed by atoms with Crippen LogP contribution in [0.25, 0.3) is 0 Å². The maximum atomic E-state index is 12.2. The highest BCUT2D eigenvalue weighted by atomic mass is 16.5. The molecule has 0 bridgehead atoms. The molecule has 0 aliphatic heterocycles. The van der Waals surface area contributed by atoms with Crippen LogP contribution in [0.5, 0.6) is 0 Å². The Bertz CT molecular complexity index is 359. The Morgan fingerprint density at radius 1 is 1.32 bits per heavy atom. The summed E-state index contributed by atoms with van der Waals surface area (Å²) in [5.41, 5.74) is 2.74. The van der Waals surface area contributed by atoms with Crippen LogP contribution in [0.15, 0.2) is 11.1 Å². The molecule has 0 saturated heterocycles. The molecule has 0 aromatic carbocycles. The van der Waals surface area contributed by atoms with Crippen molar-refractivity contribution in [1.82, 2.24) is 0 Å². The average molecular weight is 266 g/mol. The molecule has 2 aliphatic rings. The van der Waals surface area contributed by atoms with Crippen LogP contribution in [-0.2, 0) is 14.3 Å². The molecule has 2 rings (SSSR count). The van der Waals surface area contributed by atoms with Crippen molar-refractivity contribution in [3.05, 3.63) is 11.1 Å². The summed E-state index contributed by atoms with van der Waals surface area (Å²) in [5, 5.41) is 0. The van der Waals surface area contributed by atoms with Crippen LogP contribution in [0, 0.1) is 11.8 Å². The van der Waals surface area contributed by atoms with Crippen molar-refractivity contribution in [2.24, 2.45) is 11.8 Å². The summed E-state index contributed by atoms with van der Waals surface area (Å²) in [4.78, 5) is 12.2. The third-order valence-electron chi connectivity index (χ3n) is 4.68. The Kier molecular flexibility index (Phi) is 5.03. The number of methoxy groups -OCH3 is 1. The minimum atomic E-state index is -0.0662. The molecule has 1 fully saturated rings. The molecular weight excluding hydrogens is 240 g/mol. The highest BCUT2D eigenvalue weighted by molar-refractivity contribution is 5.73. The fraction of sp³-hybridized carbons (Fsp3) is 0.812. The van der Waals surface area contributed by atoms with Crippen LogP contribution in [0.4, 0.5) is 0 Å². The number of carbonyl (C=O) groups excluding carboxylic acids is 1. The molecule has 19 heavy (non-hydrogen) atoms. The molecule has 0 radical (unpaired) electrons. The predicted octanol–water partition coefficient (Wildman–Crippen LogP) is 3.48. The van der Waals surface area contributed by atoms with Crippen molar-refractivity contribution >= 4 is 5.97 Å². The van der Waals surface area contributed by atoms with E-state index >= 15 is 0 Å². The third kappa shape index (κ3) is 3.59. The average Bonchev–Trinajstić information content (AvgIpc) is 2.81. The van der Waals surface area contributed by atoms with Crippen LogP contribution >= 0.6 is 0 Å². The third-order valence-corrected chi connectivity index (χ3v) is 4.68. The SMILES string of the molecule is CO[C@H]1C[C@@H](C)CC[C@H]1C(=O)OCC1=C(C)CCC1. The van der Waals surface area contributed by atoms with E-state index in [1.54, 1.807) is 7.11 Å². The van der Waals surface area contributed by atoms with Gasteiger partial charge in [-0.05, 0) is 56.9 Å². The number of rotatable bonds is 4. The molecule has 0 heterocycles. The molecule has 108 valence electrons. The van der Waals surface area contributed by atoms with Crippen molar-refractivity contribution in [1.29, 1.82) is 0 Å². The molecule has 2 aliphatic carbocycles. The Morgan fingerprint density at radius 2 is 2.11 bits per heavy atom. The van der Waals surface area contributed by atoms with Crippen molar-refractivity contribution in [3.8, 4) is 0 Å². The fourth-order valence-electron chi connectivity index (χ4n) is 3.28. The summed E-state index contributed by atoms with van der Waals surface area (Å²) >= 11 is 0. The van der Waals surface area contributed by atoms with E-state index in [1.807, 2.05) is 0 Å². The molecule has 0 amide bonds. The van der Waals surface area contributed by atoms with E-state index in [-0.39, 0.29) is 18.0 Å². The quantitative estimate of drug-likeness (QED) is 0.577. The summed E-state index contributed by atoms with van der Waals surface area (Å²) in [6.45, 7) is 4.86. The second-order valence-corrected chi connectivity index (χ2v) is 6.14. The maximum Gasteiger partial charge on any atom is 0.311 e. The zero-order chi connectivity index (χ0) is 13.8. The van der Waals surface area contributed by atoms with Crippen LogP contribution in [-0.4, -0.2) is 25.8 Å². The van der Waals surface area contributed by atoms with Crippen LogP contribution < -0.4 is 0 Å². The van der Waals surface area contributed by atoms with Crippen molar-refractivity contribution < 1.29 is 14.3 Å². The van der Waals surface area contributed by atoms with Gasteiger partial charge in [-0.1, -0.05) is 12.5 Å². The van der Waals surface area contributed by atoms with E-state index in [2.05, 4.69) is 13.8 Å². The highest BCUT2D eigenvalue weighted by Crippen LogP contribution is 2.32. The topological polar surface area (TPSA) is 35.5 Å². The highest BCUT2D eigenvalue weighted by Gasteiger charge is 2.35. The molecule has 0 aromatic rings. The molecule has 0 aromatic heterocycles.